The number of nitrogens with zero attached hydrogens (tertiary/aromatic N) is 1. The van der Waals surface area contributed by atoms with Gasteiger partial charge < -0.3 is 15.0 Å². The van der Waals surface area contributed by atoms with Gasteiger partial charge in [0, 0.05) is 28.6 Å². The van der Waals surface area contributed by atoms with E-state index in [1.54, 1.807) is 17.8 Å². The number of hydrogen-bond acceptors (Lipinski definition) is 3. The maximum atomic E-state index is 13.0. The van der Waals surface area contributed by atoms with Crippen molar-refractivity contribution in [2.45, 2.75) is 18.9 Å². The van der Waals surface area contributed by atoms with Crippen molar-refractivity contribution in [3.05, 3.63) is 94.5 Å². The highest BCUT2D eigenvalue weighted by Gasteiger charge is 2.32. The van der Waals surface area contributed by atoms with Crippen molar-refractivity contribution >= 4 is 35.1 Å². The molecule has 30 heavy (non-hydrogen) atoms. The molecular weight excluding hydrogens is 416 g/mol. The molecule has 3 aromatic rings. The fourth-order valence-corrected chi connectivity index (χ4v) is 4.81. The topological polar surface area (TPSA) is 41.6 Å². The zero-order valence-electron chi connectivity index (χ0n) is 16.7. The summed E-state index contributed by atoms with van der Waals surface area (Å²) in [4.78, 5) is 14.9. The van der Waals surface area contributed by atoms with Crippen molar-refractivity contribution in [1.29, 1.82) is 0 Å². The Hall–Kier alpha value is -2.63. The molecule has 1 saturated heterocycles. The van der Waals surface area contributed by atoms with Gasteiger partial charge in [0.15, 0.2) is 0 Å². The maximum absolute atomic E-state index is 13.0. The summed E-state index contributed by atoms with van der Waals surface area (Å²) < 4.78 is 6.12. The van der Waals surface area contributed by atoms with Gasteiger partial charge in [-0.25, -0.2) is 4.79 Å². The molecule has 1 aliphatic rings. The molecule has 0 aromatic heterocycles. The number of hydrogen-bond donors (Lipinski definition) is 1. The molecule has 0 bridgehead atoms. The second-order valence-electron chi connectivity index (χ2n) is 7.12. The molecule has 1 unspecified atom stereocenters. The third kappa shape index (κ3) is 4.74. The fourth-order valence-electron chi connectivity index (χ4n) is 3.35. The highest BCUT2D eigenvalue weighted by Crippen LogP contribution is 2.42. The molecule has 0 spiro atoms. The van der Waals surface area contributed by atoms with Gasteiger partial charge in [0.2, 0.25) is 0 Å². The summed E-state index contributed by atoms with van der Waals surface area (Å²) in [6.07, 6.45) is 0. The summed E-state index contributed by atoms with van der Waals surface area (Å²) in [5.74, 6) is 1.68. The van der Waals surface area contributed by atoms with Crippen LogP contribution in [0.5, 0.6) is 5.75 Å². The van der Waals surface area contributed by atoms with E-state index in [-0.39, 0.29) is 11.4 Å². The summed E-state index contributed by atoms with van der Waals surface area (Å²) in [6, 6.07) is 23.4. The highest BCUT2D eigenvalue weighted by atomic mass is 35.5. The summed E-state index contributed by atoms with van der Waals surface area (Å²) in [5.41, 5.74) is 3.79. The van der Waals surface area contributed by atoms with Crippen LogP contribution in [0.2, 0.25) is 5.02 Å². The third-order valence-corrected chi connectivity index (χ3v) is 6.65. The number of para-hydroxylation sites is 1. The van der Waals surface area contributed by atoms with Crippen LogP contribution in [0.25, 0.3) is 0 Å². The van der Waals surface area contributed by atoms with Gasteiger partial charge in [-0.1, -0.05) is 66.2 Å². The average molecular weight is 439 g/mol. The Bertz CT molecular complexity index is 1030. The summed E-state index contributed by atoms with van der Waals surface area (Å²) in [5, 5.41) is 3.52. The Kier molecular flexibility index (Phi) is 6.50. The molecule has 4 rings (SSSR count). The molecule has 0 saturated carbocycles. The predicted molar refractivity (Wildman–Crippen MR) is 124 cm³/mol. The molecule has 1 fully saturated rings. The molecule has 1 N–H and O–H groups in total. The number of rotatable bonds is 5. The number of urea groups is 1. The summed E-state index contributed by atoms with van der Waals surface area (Å²) in [7, 11) is 0. The molecular formula is C24H23ClN2O2S. The first kappa shape index (κ1) is 20.6. The normalized spacial score (nSPS) is 15.8. The van der Waals surface area contributed by atoms with Crippen LogP contribution in [-0.2, 0) is 6.61 Å². The molecule has 4 nitrogen and oxygen atoms in total. The van der Waals surface area contributed by atoms with E-state index in [0.717, 1.165) is 28.2 Å². The summed E-state index contributed by atoms with van der Waals surface area (Å²) in [6.45, 7) is 3.10. The van der Waals surface area contributed by atoms with Gasteiger partial charge in [-0.2, -0.15) is 0 Å². The van der Waals surface area contributed by atoms with Gasteiger partial charge in [0.1, 0.15) is 17.7 Å². The predicted octanol–water partition coefficient (Wildman–Crippen LogP) is 6.51. The van der Waals surface area contributed by atoms with E-state index in [1.807, 2.05) is 78.6 Å². The second-order valence-corrected chi connectivity index (χ2v) is 8.72. The fraction of sp³-hybridized carbons (Fsp3) is 0.208. The lowest BCUT2D eigenvalue weighted by atomic mass is 10.1. The maximum Gasteiger partial charge on any atom is 0.323 e. The van der Waals surface area contributed by atoms with Crippen LogP contribution in [0.4, 0.5) is 10.5 Å². The van der Waals surface area contributed by atoms with E-state index in [0.29, 0.717) is 23.9 Å². The minimum atomic E-state index is -0.136. The number of nitrogens with one attached hydrogen (secondary N) is 1. The molecule has 1 atom stereocenters. The first-order valence-corrected chi connectivity index (χ1v) is 11.3. The summed E-state index contributed by atoms with van der Waals surface area (Å²) >= 11 is 7.94. The Morgan fingerprint density at radius 3 is 2.70 bits per heavy atom. The van der Waals surface area contributed by atoms with Crippen LogP contribution in [0.1, 0.15) is 22.1 Å². The van der Waals surface area contributed by atoms with E-state index < -0.39 is 0 Å². The smallest absolute Gasteiger partial charge is 0.323 e. The second kappa shape index (κ2) is 9.45. The van der Waals surface area contributed by atoms with E-state index in [9.17, 15) is 4.79 Å². The van der Waals surface area contributed by atoms with Gasteiger partial charge in [-0.05, 0) is 36.2 Å². The van der Waals surface area contributed by atoms with Crippen molar-refractivity contribution < 1.29 is 9.53 Å². The molecule has 3 aromatic carbocycles. The van der Waals surface area contributed by atoms with E-state index in [2.05, 4.69) is 5.32 Å². The lowest BCUT2D eigenvalue weighted by Crippen LogP contribution is -2.34. The molecule has 154 valence electrons. The number of halogens is 1. The minimum Gasteiger partial charge on any atom is -0.489 e. The van der Waals surface area contributed by atoms with E-state index in [1.165, 1.54) is 0 Å². The Morgan fingerprint density at radius 2 is 1.90 bits per heavy atom. The number of ether oxygens (including phenoxy) is 1. The van der Waals surface area contributed by atoms with E-state index >= 15 is 0 Å². The average Bonchev–Trinajstić information content (AvgIpc) is 3.26. The highest BCUT2D eigenvalue weighted by molar-refractivity contribution is 7.99. The number of benzene rings is 3. The van der Waals surface area contributed by atoms with Crippen LogP contribution in [0.15, 0.2) is 72.8 Å². The standard InChI is InChI=1S/C24H23ClN2O2S/c1-17-11-12-19(15-21(17)25)26-24(28)27-13-14-30-23(27)20-9-5-6-10-22(20)29-16-18-7-3-2-4-8-18/h2-12,15,23H,13-14,16H2,1H3,(H,26,28). The van der Waals surface area contributed by atoms with Crippen LogP contribution < -0.4 is 10.1 Å². The number of amides is 2. The van der Waals surface area contributed by atoms with Crippen molar-refractivity contribution in [3.8, 4) is 5.75 Å². The first-order valence-electron chi connectivity index (χ1n) is 9.83. The molecule has 0 aliphatic carbocycles. The third-order valence-electron chi connectivity index (χ3n) is 5.00. The lowest BCUT2D eigenvalue weighted by molar-refractivity contribution is 0.213. The zero-order valence-corrected chi connectivity index (χ0v) is 18.2. The number of carbonyl (C=O) groups excluding carboxylic acids is 1. The SMILES string of the molecule is Cc1ccc(NC(=O)N2CCSC2c2ccccc2OCc2ccccc2)cc1Cl. The Morgan fingerprint density at radius 1 is 1.13 bits per heavy atom. The van der Waals surface area contributed by atoms with Crippen molar-refractivity contribution in [3.63, 3.8) is 0 Å². The van der Waals surface area contributed by atoms with Crippen LogP contribution in [0.3, 0.4) is 0 Å². The largest absolute Gasteiger partial charge is 0.489 e. The Labute approximate surface area is 186 Å². The van der Waals surface area contributed by atoms with Crippen LogP contribution >= 0.6 is 23.4 Å². The van der Waals surface area contributed by atoms with Crippen molar-refractivity contribution in [2.75, 3.05) is 17.6 Å². The first-order chi connectivity index (χ1) is 14.6. The van der Waals surface area contributed by atoms with Crippen LogP contribution in [0, 0.1) is 6.92 Å². The number of thioether (sulfide) groups is 1. The number of aryl methyl sites for hydroxylation is 1. The molecule has 2 amide bonds. The quantitative estimate of drug-likeness (QED) is 0.493. The van der Waals surface area contributed by atoms with Crippen molar-refractivity contribution in [2.24, 2.45) is 0 Å². The van der Waals surface area contributed by atoms with Gasteiger partial charge >= 0.3 is 6.03 Å². The molecule has 0 radical (unpaired) electrons. The van der Waals surface area contributed by atoms with Gasteiger partial charge in [0.05, 0.1) is 0 Å². The zero-order chi connectivity index (χ0) is 20.9. The number of carbonyl (C=O) groups is 1. The van der Waals surface area contributed by atoms with Gasteiger partial charge in [-0.15, -0.1) is 11.8 Å². The van der Waals surface area contributed by atoms with Gasteiger partial charge in [0.25, 0.3) is 0 Å². The Balaban J connectivity index is 1.50. The van der Waals surface area contributed by atoms with Crippen LogP contribution in [-0.4, -0.2) is 23.2 Å². The lowest BCUT2D eigenvalue weighted by Gasteiger charge is -2.26. The minimum absolute atomic E-state index is 0.0992. The monoisotopic (exact) mass is 438 g/mol. The van der Waals surface area contributed by atoms with Crippen molar-refractivity contribution in [1.82, 2.24) is 4.90 Å². The molecule has 1 aliphatic heterocycles. The molecule has 1 heterocycles. The molecule has 6 heteroatoms. The van der Waals surface area contributed by atoms with E-state index in [4.69, 9.17) is 16.3 Å². The number of anilines is 1. The van der Waals surface area contributed by atoms with Gasteiger partial charge in [-0.3, -0.25) is 0 Å².